The fraction of sp³-hybridized carbons (Fsp3) is 0.579. The number of rotatable bonds is 3. The second kappa shape index (κ2) is 7.50. The third-order valence-electron chi connectivity index (χ3n) is 5.23. The highest BCUT2D eigenvalue weighted by molar-refractivity contribution is 7.92. The highest BCUT2D eigenvalue weighted by Crippen LogP contribution is 2.27. The molecule has 1 fully saturated rings. The smallest absolute Gasteiger partial charge is 0.248 e. The molecule has 0 atom stereocenters. The van der Waals surface area contributed by atoms with Gasteiger partial charge in [-0.15, -0.1) is 0 Å². The highest BCUT2D eigenvalue weighted by Gasteiger charge is 2.41. The van der Waals surface area contributed by atoms with Gasteiger partial charge < -0.3 is 15.1 Å². The van der Waals surface area contributed by atoms with Gasteiger partial charge in [0.1, 0.15) is 6.54 Å². The summed E-state index contributed by atoms with van der Waals surface area (Å²) < 4.78 is 23.6. The molecular formula is C19H28N4O3S. The standard InChI is InChI=1S/C19H28N4O3S/c1-4-20-18(22-11-12-27(25,26)19(2,3)14-22)21-13-17(24)23-10-9-15-7-5-6-8-16(15)23/h5-8H,4,9-14H2,1-3H3,(H,20,21). The number of nitrogens with zero attached hydrogens (tertiary/aromatic N) is 3. The molecule has 1 aromatic carbocycles. The number of hydrogen-bond donors (Lipinski definition) is 1. The Morgan fingerprint density at radius 3 is 2.70 bits per heavy atom. The van der Waals surface area contributed by atoms with Crippen molar-refractivity contribution in [2.45, 2.75) is 31.9 Å². The average Bonchev–Trinajstić information content (AvgIpc) is 3.05. The molecular weight excluding hydrogens is 364 g/mol. The number of carbonyl (C=O) groups is 1. The molecule has 1 N–H and O–H groups in total. The first kappa shape index (κ1) is 19.7. The van der Waals surface area contributed by atoms with Gasteiger partial charge in [-0.2, -0.15) is 0 Å². The van der Waals surface area contributed by atoms with Crippen LogP contribution >= 0.6 is 0 Å². The van der Waals surface area contributed by atoms with E-state index in [0.29, 0.717) is 32.1 Å². The van der Waals surface area contributed by atoms with Crippen LogP contribution in [-0.4, -0.2) is 68.4 Å². The molecule has 0 aliphatic carbocycles. The number of sulfone groups is 1. The minimum absolute atomic E-state index is 0.0420. The quantitative estimate of drug-likeness (QED) is 0.614. The van der Waals surface area contributed by atoms with Crippen LogP contribution in [0.25, 0.3) is 0 Å². The van der Waals surface area contributed by atoms with Gasteiger partial charge in [0.05, 0.1) is 10.5 Å². The van der Waals surface area contributed by atoms with E-state index in [1.165, 1.54) is 5.56 Å². The first-order valence-corrected chi connectivity index (χ1v) is 11.0. The Bertz CT molecular complexity index is 848. The molecule has 2 aliphatic heterocycles. The predicted molar refractivity (Wildman–Crippen MR) is 108 cm³/mol. The van der Waals surface area contributed by atoms with E-state index in [1.807, 2.05) is 36.1 Å². The molecule has 0 bridgehead atoms. The molecule has 148 valence electrons. The number of nitrogens with one attached hydrogen (secondary N) is 1. The van der Waals surface area contributed by atoms with Crippen LogP contribution in [0.5, 0.6) is 0 Å². The summed E-state index contributed by atoms with van der Waals surface area (Å²) in [7, 11) is -3.12. The topological polar surface area (TPSA) is 82.1 Å². The third kappa shape index (κ3) is 3.95. The number of benzene rings is 1. The second-order valence-electron chi connectivity index (χ2n) is 7.59. The zero-order valence-corrected chi connectivity index (χ0v) is 17.1. The van der Waals surface area contributed by atoms with Gasteiger partial charge in [0, 0.05) is 31.9 Å². The molecule has 2 aliphatic rings. The van der Waals surface area contributed by atoms with Gasteiger partial charge in [0.25, 0.3) is 0 Å². The van der Waals surface area contributed by atoms with Gasteiger partial charge in [-0.3, -0.25) is 4.79 Å². The lowest BCUT2D eigenvalue weighted by molar-refractivity contribution is -0.117. The molecule has 1 amide bonds. The maximum absolute atomic E-state index is 12.7. The summed E-state index contributed by atoms with van der Waals surface area (Å²) in [6.07, 6.45) is 0.865. The van der Waals surface area contributed by atoms with E-state index in [-0.39, 0.29) is 18.2 Å². The number of para-hydroxylation sites is 1. The van der Waals surface area contributed by atoms with Crippen molar-refractivity contribution in [2.24, 2.45) is 4.99 Å². The van der Waals surface area contributed by atoms with Crippen LogP contribution in [0, 0.1) is 0 Å². The van der Waals surface area contributed by atoms with Crippen LogP contribution in [0.4, 0.5) is 5.69 Å². The Morgan fingerprint density at radius 1 is 1.26 bits per heavy atom. The first-order valence-electron chi connectivity index (χ1n) is 9.39. The largest absolute Gasteiger partial charge is 0.357 e. The Hall–Kier alpha value is -2.09. The Morgan fingerprint density at radius 2 is 2.00 bits per heavy atom. The minimum atomic E-state index is -3.12. The number of anilines is 1. The lowest BCUT2D eigenvalue weighted by Gasteiger charge is -2.39. The zero-order chi connectivity index (χ0) is 19.7. The van der Waals surface area contributed by atoms with E-state index in [0.717, 1.165) is 12.1 Å². The van der Waals surface area contributed by atoms with Crippen molar-refractivity contribution in [1.29, 1.82) is 0 Å². The number of aliphatic imine (C=N–C) groups is 1. The van der Waals surface area contributed by atoms with E-state index >= 15 is 0 Å². The van der Waals surface area contributed by atoms with E-state index in [9.17, 15) is 13.2 Å². The van der Waals surface area contributed by atoms with Crippen molar-refractivity contribution in [3.05, 3.63) is 29.8 Å². The number of hydrogen-bond acceptors (Lipinski definition) is 4. The fourth-order valence-corrected chi connectivity index (χ4v) is 4.94. The fourth-order valence-electron chi connectivity index (χ4n) is 3.58. The maximum atomic E-state index is 12.7. The lowest BCUT2D eigenvalue weighted by atomic mass is 10.2. The lowest BCUT2D eigenvalue weighted by Crippen LogP contribution is -2.57. The Balaban J connectivity index is 1.72. The predicted octanol–water partition coefficient (Wildman–Crippen LogP) is 1.05. The number of amides is 1. The maximum Gasteiger partial charge on any atom is 0.248 e. The van der Waals surface area contributed by atoms with Crippen molar-refractivity contribution in [3.8, 4) is 0 Å². The summed E-state index contributed by atoms with van der Waals surface area (Å²) in [4.78, 5) is 20.9. The Labute approximate surface area is 161 Å². The van der Waals surface area contributed by atoms with Crippen molar-refractivity contribution < 1.29 is 13.2 Å². The summed E-state index contributed by atoms with van der Waals surface area (Å²) in [5.74, 6) is 0.651. The number of carbonyl (C=O) groups excluding carboxylic acids is 1. The van der Waals surface area contributed by atoms with E-state index in [2.05, 4.69) is 10.3 Å². The van der Waals surface area contributed by atoms with Gasteiger partial charge in [-0.1, -0.05) is 18.2 Å². The molecule has 0 radical (unpaired) electrons. The zero-order valence-electron chi connectivity index (χ0n) is 16.2. The van der Waals surface area contributed by atoms with Crippen molar-refractivity contribution in [3.63, 3.8) is 0 Å². The molecule has 3 rings (SSSR count). The summed E-state index contributed by atoms with van der Waals surface area (Å²) >= 11 is 0. The van der Waals surface area contributed by atoms with E-state index in [4.69, 9.17) is 0 Å². The van der Waals surface area contributed by atoms with Crippen LogP contribution in [0.1, 0.15) is 26.3 Å². The molecule has 0 aromatic heterocycles. The molecule has 2 heterocycles. The first-order chi connectivity index (χ1) is 12.7. The van der Waals surface area contributed by atoms with E-state index < -0.39 is 14.6 Å². The summed E-state index contributed by atoms with van der Waals surface area (Å²) in [6.45, 7) is 7.57. The molecule has 0 saturated carbocycles. The minimum Gasteiger partial charge on any atom is -0.357 e. The van der Waals surface area contributed by atoms with Crippen molar-refractivity contribution in [1.82, 2.24) is 10.2 Å². The second-order valence-corrected chi connectivity index (χ2v) is 10.3. The molecule has 1 aromatic rings. The SMILES string of the molecule is CCNC(=NCC(=O)N1CCc2ccccc21)N1CCS(=O)(=O)C(C)(C)C1. The van der Waals surface area contributed by atoms with Gasteiger partial charge in [0.2, 0.25) is 5.91 Å². The summed E-state index contributed by atoms with van der Waals surface area (Å²) in [5.41, 5.74) is 2.15. The van der Waals surface area contributed by atoms with Crippen LogP contribution in [-0.2, 0) is 21.1 Å². The van der Waals surface area contributed by atoms with Crippen LogP contribution in [0.15, 0.2) is 29.3 Å². The Kier molecular flexibility index (Phi) is 5.46. The molecule has 27 heavy (non-hydrogen) atoms. The third-order valence-corrected chi connectivity index (χ3v) is 7.76. The van der Waals surface area contributed by atoms with Crippen LogP contribution in [0.2, 0.25) is 0 Å². The van der Waals surface area contributed by atoms with Gasteiger partial charge in [-0.05, 0) is 38.8 Å². The molecule has 0 unspecified atom stereocenters. The van der Waals surface area contributed by atoms with Gasteiger partial charge in [-0.25, -0.2) is 13.4 Å². The summed E-state index contributed by atoms with van der Waals surface area (Å²) in [5, 5.41) is 3.19. The molecule has 0 spiro atoms. The highest BCUT2D eigenvalue weighted by atomic mass is 32.2. The average molecular weight is 393 g/mol. The monoisotopic (exact) mass is 392 g/mol. The molecule has 1 saturated heterocycles. The van der Waals surface area contributed by atoms with Gasteiger partial charge in [0.15, 0.2) is 15.8 Å². The summed E-state index contributed by atoms with van der Waals surface area (Å²) in [6, 6.07) is 7.94. The van der Waals surface area contributed by atoms with Crippen molar-refractivity contribution >= 4 is 27.4 Å². The number of guanidine groups is 1. The molecule has 7 nitrogen and oxygen atoms in total. The van der Waals surface area contributed by atoms with Crippen LogP contribution < -0.4 is 10.2 Å². The van der Waals surface area contributed by atoms with E-state index in [1.54, 1.807) is 18.7 Å². The van der Waals surface area contributed by atoms with Gasteiger partial charge >= 0.3 is 0 Å². The van der Waals surface area contributed by atoms with Crippen LogP contribution in [0.3, 0.4) is 0 Å². The molecule has 8 heteroatoms. The van der Waals surface area contributed by atoms with Crippen molar-refractivity contribution in [2.75, 3.05) is 43.4 Å². The normalized spacial score (nSPS) is 21.1. The number of fused-ring (bicyclic) bond motifs is 1.